The van der Waals surface area contributed by atoms with Crippen molar-refractivity contribution in [3.05, 3.63) is 0 Å². The maximum Gasteiger partial charge on any atom is 0.326 e. The van der Waals surface area contributed by atoms with E-state index in [0.29, 0.717) is 6.54 Å². The number of hydrogen-bond donors (Lipinski definition) is 4. The van der Waals surface area contributed by atoms with Crippen molar-refractivity contribution in [3.8, 4) is 0 Å². The first-order valence-corrected chi connectivity index (χ1v) is 7.48. The van der Waals surface area contributed by atoms with Gasteiger partial charge in [0.15, 0.2) is 0 Å². The average molecular weight is 300 g/mol. The summed E-state index contributed by atoms with van der Waals surface area (Å²) in [6, 6.07) is -1.73. The van der Waals surface area contributed by atoms with Crippen LogP contribution in [0.5, 0.6) is 0 Å². The monoisotopic (exact) mass is 300 g/mol. The minimum atomic E-state index is -1.22. The quantitative estimate of drug-likeness (QED) is 0.482. The molecule has 1 rings (SSSR count). The van der Waals surface area contributed by atoms with Gasteiger partial charge in [-0.3, -0.25) is 4.79 Å². The van der Waals surface area contributed by atoms with E-state index < -0.39 is 24.0 Å². The lowest BCUT2D eigenvalue weighted by molar-refractivity contribution is -0.140. The number of aliphatic carboxylic acids is 2. The van der Waals surface area contributed by atoms with Crippen molar-refractivity contribution < 1.29 is 24.6 Å². The summed E-state index contributed by atoms with van der Waals surface area (Å²) < 4.78 is 0. The number of carboxylic acids is 2. The Hall–Kier alpha value is -1.79. The topological polar surface area (TPSA) is 116 Å². The van der Waals surface area contributed by atoms with Crippen LogP contribution in [0, 0.1) is 5.92 Å². The summed E-state index contributed by atoms with van der Waals surface area (Å²) in [7, 11) is 0. The number of carbonyl (C=O) groups is 3. The molecule has 1 aliphatic rings. The van der Waals surface area contributed by atoms with Crippen molar-refractivity contribution in [3.63, 3.8) is 0 Å². The number of hydrogen-bond acceptors (Lipinski definition) is 3. The van der Waals surface area contributed by atoms with Gasteiger partial charge in [0, 0.05) is 13.0 Å². The third kappa shape index (κ3) is 7.53. The van der Waals surface area contributed by atoms with Gasteiger partial charge in [0.1, 0.15) is 6.04 Å². The second-order valence-electron chi connectivity index (χ2n) is 5.52. The Kier molecular flexibility index (Phi) is 7.56. The van der Waals surface area contributed by atoms with Crippen molar-refractivity contribution in [2.75, 3.05) is 6.54 Å². The van der Waals surface area contributed by atoms with E-state index in [1.54, 1.807) is 0 Å². The lowest BCUT2D eigenvalue weighted by Crippen LogP contribution is -2.46. The normalized spacial score (nSPS) is 16.4. The average Bonchev–Trinajstić information content (AvgIpc) is 2.92. The van der Waals surface area contributed by atoms with Gasteiger partial charge in [-0.1, -0.05) is 25.7 Å². The smallest absolute Gasteiger partial charge is 0.326 e. The van der Waals surface area contributed by atoms with E-state index in [9.17, 15) is 14.4 Å². The molecule has 0 saturated heterocycles. The second-order valence-corrected chi connectivity index (χ2v) is 5.52. The molecule has 7 heteroatoms. The summed E-state index contributed by atoms with van der Waals surface area (Å²) >= 11 is 0. The summed E-state index contributed by atoms with van der Waals surface area (Å²) in [6.45, 7) is 0.508. The molecule has 0 aromatic carbocycles. The van der Waals surface area contributed by atoms with E-state index in [1.807, 2.05) is 0 Å². The number of urea groups is 1. The molecular formula is C14H24N2O5. The van der Waals surface area contributed by atoms with Crippen LogP contribution in [0.15, 0.2) is 0 Å². The molecule has 1 saturated carbocycles. The third-order valence-corrected chi connectivity index (χ3v) is 3.80. The molecule has 0 spiro atoms. The largest absolute Gasteiger partial charge is 0.481 e. The van der Waals surface area contributed by atoms with Crippen LogP contribution in [-0.4, -0.2) is 40.8 Å². The summed E-state index contributed by atoms with van der Waals surface area (Å²) in [6.07, 6.45) is 6.67. The fourth-order valence-electron chi connectivity index (χ4n) is 2.63. The van der Waals surface area contributed by atoms with Crippen molar-refractivity contribution in [2.45, 2.75) is 57.4 Å². The SMILES string of the molecule is O=C(O)CC[C@H](NC(=O)NCCCC1CCCC1)C(=O)O. The van der Waals surface area contributed by atoms with Gasteiger partial charge in [-0.2, -0.15) is 0 Å². The van der Waals surface area contributed by atoms with Gasteiger partial charge in [0.2, 0.25) is 0 Å². The molecule has 0 aromatic rings. The van der Waals surface area contributed by atoms with Crippen LogP contribution in [0.4, 0.5) is 4.79 Å². The Morgan fingerprint density at radius 3 is 2.38 bits per heavy atom. The number of carbonyl (C=O) groups excluding carboxylic acids is 1. The van der Waals surface area contributed by atoms with Crippen LogP contribution in [0.2, 0.25) is 0 Å². The number of amides is 2. The highest BCUT2D eigenvalue weighted by molar-refractivity contribution is 5.82. The van der Waals surface area contributed by atoms with E-state index in [2.05, 4.69) is 10.6 Å². The van der Waals surface area contributed by atoms with Gasteiger partial charge in [-0.15, -0.1) is 0 Å². The van der Waals surface area contributed by atoms with E-state index in [4.69, 9.17) is 10.2 Å². The van der Waals surface area contributed by atoms with E-state index in [1.165, 1.54) is 25.7 Å². The van der Waals surface area contributed by atoms with Gasteiger partial charge in [-0.25, -0.2) is 9.59 Å². The maximum atomic E-state index is 11.6. The first kappa shape index (κ1) is 17.3. The summed E-state index contributed by atoms with van der Waals surface area (Å²) in [5.74, 6) is -1.55. The Bertz CT molecular complexity index is 366. The standard InChI is InChI=1S/C14H24N2O5/c17-12(18)8-7-11(13(19)20)16-14(21)15-9-3-6-10-4-1-2-5-10/h10-11H,1-9H2,(H,17,18)(H,19,20)(H2,15,16,21)/t11-/m0/s1. The molecule has 2 amide bonds. The third-order valence-electron chi connectivity index (χ3n) is 3.80. The van der Waals surface area contributed by atoms with E-state index in [-0.39, 0.29) is 12.8 Å². The number of nitrogens with one attached hydrogen (secondary N) is 2. The predicted octanol–water partition coefficient (Wildman–Crippen LogP) is 1.57. The zero-order valence-corrected chi connectivity index (χ0v) is 12.1. The lowest BCUT2D eigenvalue weighted by atomic mass is 10.0. The molecule has 4 N–H and O–H groups in total. The minimum Gasteiger partial charge on any atom is -0.481 e. The summed E-state index contributed by atoms with van der Waals surface area (Å²) in [4.78, 5) is 32.9. The van der Waals surface area contributed by atoms with E-state index in [0.717, 1.165) is 18.8 Å². The van der Waals surface area contributed by atoms with Gasteiger partial charge in [0.25, 0.3) is 0 Å². The van der Waals surface area contributed by atoms with Gasteiger partial charge in [-0.05, 0) is 25.2 Å². The van der Waals surface area contributed by atoms with E-state index >= 15 is 0 Å². The number of carboxylic acid groups (broad SMARTS) is 2. The van der Waals surface area contributed by atoms with Crippen LogP contribution < -0.4 is 10.6 Å². The molecule has 120 valence electrons. The van der Waals surface area contributed by atoms with Gasteiger partial charge >= 0.3 is 18.0 Å². The van der Waals surface area contributed by atoms with Gasteiger partial charge < -0.3 is 20.8 Å². The zero-order valence-electron chi connectivity index (χ0n) is 12.1. The fraction of sp³-hybridized carbons (Fsp3) is 0.786. The highest BCUT2D eigenvalue weighted by Crippen LogP contribution is 2.28. The number of rotatable bonds is 9. The van der Waals surface area contributed by atoms with Crippen LogP contribution in [-0.2, 0) is 9.59 Å². The maximum absolute atomic E-state index is 11.6. The minimum absolute atomic E-state index is 0.125. The fourth-order valence-corrected chi connectivity index (χ4v) is 2.63. The summed E-state index contributed by atoms with van der Waals surface area (Å²) in [5.41, 5.74) is 0. The van der Waals surface area contributed by atoms with Crippen LogP contribution in [0.25, 0.3) is 0 Å². The molecule has 7 nitrogen and oxygen atoms in total. The Morgan fingerprint density at radius 2 is 1.81 bits per heavy atom. The Balaban J connectivity index is 2.16. The van der Waals surface area contributed by atoms with Gasteiger partial charge in [0.05, 0.1) is 0 Å². The van der Waals surface area contributed by atoms with Crippen molar-refractivity contribution in [1.29, 1.82) is 0 Å². The highest BCUT2D eigenvalue weighted by Gasteiger charge is 2.20. The molecule has 21 heavy (non-hydrogen) atoms. The zero-order chi connectivity index (χ0) is 15.7. The highest BCUT2D eigenvalue weighted by atomic mass is 16.4. The second kappa shape index (κ2) is 9.20. The molecule has 0 bridgehead atoms. The molecule has 0 heterocycles. The first-order valence-electron chi connectivity index (χ1n) is 7.48. The molecule has 1 aliphatic carbocycles. The molecule has 0 radical (unpaired) electrons. The summed E-state index contributed by atoms with van der Waals surface area (Å²) in [5, 5.41) is 22.4. The molecule has 0 aliphatic heterocycles. The van der Waals surface area contributed by atoms with Crippen LogP contribution in [0.3, 0.4) is 0 Å². The molecular weight excluding hydrogens is 276 g/mol. The Morgan fingerprint density at radius 1 is 1.14 bits per heavy atom. The first-order chi connectivity index (χ1) is 9.99. The Labute approximate surface area is 124 Å². The van der Waals surface area contributed by atoms with Crippen molar-refractivity contribution >= 4 is 18.0 Å². The molecule has 1 atom stereocenters. The van der Waals surface area contributed by atoms with Crippen molar-refractivity contribution in [2.24, 2.45) is 5.92 Å². The molecule has 0 unspecified atom stereocenters. The van der Waals surface area contributed by atoms with Crippen LogP contribution in [0.1, 0.15) is 51.4 Å². The predicted molar refractivity (Wildman–Crippen MR) is 76.0 cm³/mol. The van der Waals surface area contributed by atoms with Crippen LogP contribution >= 0.6 is 0 Å². The molecule has 0 aromatic heterocycles. The molecule has 1 fully saturated rings. The van der Waals surface area contributed by atoms with Crippen molar-refractivity contribution in [1.82, 2.24) is 10.6 Å². The lowest BCUT2D eigenvalue weighted by Gasteiger charge is -2.14.